The van der Waals surface area contributed by atoms with Crippen LogP contribution in [-0.2, 0) is 0 Å². The van der Waals surface area contributed by atoms with Gasteiger partial charge in [0.05, 0.1) is 11.6 Å². The normalized spacial score (nSPS) is 10.9. The molecule has 0 bridgehead atoms. The Kier molecular flexibility index (Phi) is 4.93. The average Bonchev–Trinajstić information content (AvgIpc) is 2.57. The van der Waals surface area contributed by atoms with E-state index in [0.717, 1.165) is 22.6 Å². The Labute approximate surface area is 139 Å². The van der Waals surface area contributed by atoms with E-state index in [4.69, 9.17) is 0 Å². The highest BCUT2D eigenvalue weighted by atomic mass is 32.2. The molecule has 0 aliphatic rings. The number of hydrogen-bond acceptors (Lipinski definition) is 3. The number of aromatic amines is 1. The Morgan fingerprint density at radius 3 is 2.09 bits per heavy atom. The van der Waals surface area contributed by atoms with Gasteiger partial charge in [0.25, 0.3) is 5.56 Å². The van der Waals surface area contributed by atoms with Gasteiger partial charge in [-0.15, -0.1) is 0 Å². The number of nitrogens with zero attached hydrogens (tertiary/aromatic N) is 1. The molecule has 1 N–H and O–H groups in total. The van der Waals surface area contributed by atoms with E-state index in [1.807, 2.05) is 43.3 Å². The van der Waals surface area contributed by atoms with Crippen LogP contribution in [0.2, 0.25) is 0 Å². The van der Waals surface area contributed by atoms with Gasteiger partial charge in [-0.2, -0.15) is 0 Å². The molecule has 0 spiro atoms. The SMILES string of the molecule is CCSc1nc(C(c2ccccc2)c2ccccc2)cc(=O)[nH]1. The van der Waals surface area contributed by atoms with Crippen LogP contribution in [0.25, 0.3) is 0 Å². The first-order chi connectivity index (χ1) is 11.3. The first-order valence-electron chi connectivity index (χ1n) is 7.62. The van der Waals surface area contributed by atoms with E-state index in [9.17, 15) is 4.79 Å². The Hall–Kier alpha value is -2.33. The van der Waals surface area contributed by atoms with Crippen molar-refractivity contribution in [1.29, 1.82) is 0 Å². The third kappa shape index (κ3) is 3.71. The van der Waals surface area contributed by atoms with Gasteiger partial charge < -0.3 is 4.98 Å². The third-order valence-corrected chi connectivity index (χ3v) is 4.34. The van der Waals surface area contributed by atoms with Gasteiger partial charge in [-0.1, -0.05) is 79.3 Å². The molecule has 23 heavy (non-hydrogen) atoms. The van der Waals surface area contributed by atoms with Crippen LogP contribution < -0.4 is 5.56 Å². The molecule has 0 saturated carbocycles. The average molecular weight is 322 g/mol. The number of benzene rings is 2. The maximum atomic E-state index is 12.0. The number of thioether (sulfide) groups is 1. The van der Waals surface area contributed by atoms with Crippen molar-refractivity contribution in [3.8, 4) is 0 Å². The zero-order valence-corrected chi connectivity index (χ0v) is 13.7. The van der Waals surface area contributed by atoms with Gasteiger partial charge in [0.15, 0.2) is 5.16 Å². The van der Waals surface area contributed by atoms with E-state index in [1.54, 1.807) is 17.8 Å². The predicted octanol–water partition coefficient (Wildman–Crippen LogP) is 4.06. The van der Waals surface area contributed by atoms with Gasteiger partial charge in [0.2, 0.25) is 0 Å². The van der Waals surface area contributed by atoms with Gasteiger partial charge in [-0.25, -0.2) is 4.98 Å². The van der Waals surface area contributed by atoms with Crippen LogP contribution in [0.15, 0.2) is 76.7 Å². The highest BCUT2D eigenvalue weighted by molar-refractivity contribution is 7.99. The highest BCUT2D eigenvalue weighted by Crippen LogP contribution is 2.30. The molecule has 0 unspecified atom stereocenters. The summed E-state index contributed by atoms with van der Waals surface area (Å²) in [7, 11) is 0. The van der Waals surface area contributed by atoms with Gasteiger partial charge in [0, 0.05) is 6.07 Å². The molecular weight excluding hydrogens is 304 g/mol. The van der Waals surface area contributed by atoms with Gasteiger partial charge >= 0.3 is 0 Å². The number of nitrogens with one attached hydrogen (secondary N) is 1. The molecule has 116 valence electrons. The summed E-state index contributed by atoms with van der Waals surface area (Å²) < 4.78 is 0. The van der Waals surface area contributed by atoms with E-state index in [1.165, 1.54) is 0 Å². The van der Waals surface area contributed by atoms with Crippen molar-refractivity contribution >= 4 is 11.8 Å². The standard InChI is InChI=1S/C19H18N2OS/c1-2-23-19-20-16(13-17(22)21-19)18(14-9-5-3-6-10-14)15-11-7-4-8-12-15/h3-13,18H,2H2,1H3,(H,20,21,22). The molecular formula is C19H18N2OS. The lowest BCUT2D eigenvalue weighted by molar-refractivity contribution is 0.827. The second kappa shape index (κ2) is 7.29. The molecule has 0 radical (unpaired) electrons. The minimum atomic E-state index is -0.109. The smallest absolute Gasteiger partial charge is 0.251 e. The Bertz CT molecular complexity index is 776. The van der Waals surface area contributed by atoms with Crippen molar-refractivity contribution in [2.45, 2.75) is 18.0 Å². The van der Waals surface area contributed by atoms with Gasteiger partial charge in [0.1, 0.15) is 0 Å². The zero-order chi connectivity index (χ0) is 16.1. The van der Waals surface area contributed by atoms with Crippen molar-refractivity contribution in [2.24, 2.45) is 0 Å². The molecule has 4 heteroatoms. The number of H-pyrrole nitrogens is 1. The Morgan fingerprint density at radius 2 is 1.57 bits per heavy atom. The molecule has 3 aromatic rings. The molecule has 0 aliphatic carbocycles. The van der Waals surface area contributed by atoms with Gasteiger partial charge in [-0.3, -0.25) is 4.79 Å². The minimum Gasteiger partial charge on any atom is -0.301 e. The highest BCUT2D eigenvalue weighted by Gasteiger charge is 2.19. The molecule has 0 fully saturated rings. The monoisotopic (exact) mass is 322 g/mol. The van der Waals surface area contributed by atoms with Crippen LogP contribution in [0.4, 0.5) is 0 Å². The molecule has 1 heterocycles. The van der Waals surface area contributed by atoms with E-state index < -0.39 is 0 Å². The molecule has 0 saturated heterocycles. The molecule has 0 atom stereocenters. The summed E-state index contributed by atoms with van der Waals surface area (Å²) in [6, 6.07) is 22.0. The summed E-state index contributed by atoms with van der Waals surface area (Å²) in [5.74, 6) is 0.823. The van der Waals surface area contributed by atoms with E-state index in [2.05, 4.69) is 34.2 Å². The molecule has 3 rings (SSSR count). The lowest BCUT2D eigenvalue weighted by atomic mass is 9.88. The van der Waals surface area contributed by atoms with E-state index >= 15 is 0 Å². The second-order valence-electron chi connectivity index (χ2n) is 5.16. The van der Waals surface area contributed by atoms with Crippen LogP contribution in [0.3, 0.4) is 0 Å². The van der Waals surface area contributed by atoms with Crippen LogP contribution in [0, 0.1) is 0 Å². The third-order valence-electron chi connectivity index (χ3n) is 3.58. The summed E-state index contributed by atoms with van der Waals surface area (Å²) >= 11 is 1.54. The van der Waals surface area contributed by atoms with Crippen LogP contribution in [-0.4, -0.2) is 15.7 Å². The lowest BCUT2D eigenvalue weighted by Gasteiger charge is -2.18. The van der Waals surface area contributed by atoms with Gasteiger partial charge in [-0.05, 0) is 16.9 Å². The van der Waals surface area contributed by atoms with Crippen molar-refractivity contribution in [1.82, 2.24) is 9.97 Å². The molecule has 0 aliphatic heterocycles. The molecule has 3 nitrogen and oxygen atoms in total. The summed E-state index contributed by atoms with van der Waals surface area (Å²) in [6.07, 6.45) is 0. The maximum absolute atomic E-state index is 12.0. The summed E-state index contributed by atoms with van der Waals surface area (Å²) in [5.41, 5.74) is 2.93. The first kappa shape index (κ1) is 15.6. The largest absolute Gasteiger partial charge is 0.301 e. The van der Waals surface area contributed by atoms with Crippen molar-refractivity contribution in [3.05, 3.63) is 93.9 Å². The summed E-state index contributed by atoms with van der Waals surface area (Å²) in [6.45, 7) is 2.04. The lowest BCUT2D eigenvalue weighted by Crippen LogP contribution is -2.14. The Balaban J connectivity index is 2.15. The maximum Gasteiger partial charge on any atom is 0.251 e. The first-order valence-corrected chi connectivity index (χ1v) is 8.60. The van der Waals surface area contributed by atoms with Crippen LogP contribution in [0.1, 0.15) is 29.7 Å². The fourth-order valence-electron chi connectivity index (χ4n) is 2.63. The topological polar surface area (TPSA) is 45.8 Å². The second-order valence-corrected chi connectivity index (χ2v) is 6.42. The fourth-order valence-corrected chi connectivity index (χ4v) is 3.25. The summed E-state index contributed by atoms with van der Waals surface area (Å²) in [5, 5.41) is 0.673. The predicted molar refractivity (Wildman–Crippen MR) is 95.1 cm³/mol. The quantitative estimate of drug-likeness (QED) is 0.569. The molecule has 1 aromatic heterocycles. The fraction of sp³-hybridized carbons (Fsp3) is 0.158. The minimum absolute atomic E-state index is 0.0455. The van der Waals surface area contributed by atoms with E-state index in [0.29, 0.717) is 5.16 Å². The summed E-state index contributed by atoms with van der Waals surface area (Å²) in [4.78, 5) is 19.5. The van der Waals surface area contributed by atoms with Crippen molar-refractivity contribution in [2.75, 3.05) is 5.75 Å². The van der Waals surface area contributed by atoms with Crippen LogP contribution >= 0.6 is 11.8 Å². The number of aromatic nitrogens is 2. The van der Waals surface area contributed by atoms with Crippen LogP contribution in [0.5, 0.6) is 0 Å². The zero-order valence-electron chi connectivity index (χ0n) is 12.9. The number of hydrogen-bond donors (Lipinski definition) is 1. The molecule has 2 aromatic carbocycles. The molecule has 0 amide bonds. The Morgan fingerprint density at radius 1 is 1.00 bits per heavy atom. The van der Waals surface area contributed by atoms with E-state index in [-0.39, 0.29) is 11.5 Å². The van der Waals surface area contributed by atoms with Crippen molar-refractivity contribution < 1.29 is 0 Å². The van der Waals surface area contributed by atoms with Crippen molar-refractivity contribution in [3.63, 3.8) is 0 Å². The number of rotatable bonds is 5.